The number of benzene rings is 1. The number of piperidine rings is 1. The molecule has 0 aliphatic carbocycles. The van der Waals surface area contributed by atoms with E-state index in [1.807, 2.05) is 12.1 Å². The highest BCUT2D eigenvalue weighted by molar-refractivity contribution is 5.91. The second-order valence-corrected chi connectivity index (χ2v) is 6.74. The molecule has 120 valence electrons. The lowest BCUT2D eigenvalue weighted by atomic mass is 9.93. The third-order valence-corrected chi connectivity index (χ3v) is 4.93. The van der Waals surface area contributed by atoms with Crippen LogP contribution >= 0.6 is 0 Å². The summed E-state index contributed by atoms with van der Waals surface area (Å²) in [5.41, 5.74) is 2.19. The molecule has 1 amide bonds. The molecule has 4 heteroatoms. The van der Waals surface area contributed by atoms with Crippen molar-refractivity contribution in [2.24, 2.45) is 5.92 Å². The van der Waals surface area contributed by atoms with Crippen molar-refractivity contribution in [3.05, 3.63) is 24.3 Å². The van der Waals surface area contributed by atoms with Gasteiger partial charge in [-0.05, 0) is 76.0 Å². The molecule has 2 aliphatic heterocycles. The minimum absolute atomic E-state index is 0.156. The molecule has 0 saturated carbocycles. The summed E-state index contributed by atoms with van der Waals surface area (Å²) in [6, 6.07) is 8.30. The smallest absolute Gasteiger partial charge is 0.224 e. The Hall–Kier alpha value is -1.55. The van der Waals surface area contributed by atoms with E-state index in [-0.39, 0.29) is 5.91 Å². The summed E-state index contributed by atoms with van der Waals surface area (Å²) in [6.07, 6.45) is 5.50. The third kappa shape index (κ3) is 4.01. The van der Waals surface area contributed by atoms with Gasteiger partial charge in [0.15, 0.2) is 0 Å². The van der Waals surface area contributed by atoms with Crippen LogP contribution in [0.2, 0.25) is 0 Å². The molecule has 0 unspecified atom stereocenters. The molecule has 22 heavy (non-hydrogen) atoms. The van der Waals surface area contributed by atoms with Crippen molar-refractivity contribution in [2.45, 2.75) is 32.1 Å². The summed E-state index contributed by atoms with van der Waals surface area (Å²) in [7, 11) is 2.15. The molecule has 2 saturated heterocycles. The normalized spacial score (nSPS) is 20.3. The molecule has 0 bridgehead atoms. The second-order valence-electron chi connectivity index (χ2n) is 6.74. The van der Waals surface area contributed by atoms with E-state index in [1.165, 1.54) is 18.5 Å². The zero-order chi connectivity index (χ0) is 15.4. The Morgan fingerprint density at radius 2 is 1.73 bits per heavy atom. The van der Waals surface area contributed by atoms with Crippen LogP contribution in [0.4, 0.5) is 11.4 Å². The molecule has 0 radical (unpaired) electrons. The van der Waals surface area contributed by atoms with E-state index in [9.17, 15) is 4.79 Å². The number of nitrogens with one attached hydrogen (secondary N) is 1. The minimum atomic E-state index is 0.156. The number of amides is 1. The lowest BCUT2D eigenvalue weighted by Gasteiger charge is -2.28. The molecule has 3 rings (SSSR count). The summed E-state index contributed by atoms with van der Waals surface area (Å²) in [4.78, 5) is 16.9. The van der Waals surface area contributed by atoms with Crippen molar-refractivity contribution in [3.8, 4) is 0 Å². The number of rotatable bonds is 4. The molecule has 1 aromatic carbocycles. The first-order valence-electron chi connectivity index (χ1n) is 8.54. The van der Waals surface area contributed by atoms with Crippen molar-refractivity contribution >= 4 is 17.3 Å². The van der Waals surface area contributed by atoms with Gasteiger partial charge in [-0.2, -0.15) is 0 Å². The predicted molar refractivity (Wildman–Crippen MR) is 91.4 cm³/mol. The molecule has 4 nitrogen and oxygen atoms in total. The van der Waals surface area contributed by atoms with Gasteiger partial charge < -0.3 is 15.1 Å². The molecule has 0 aromatic heterocycles. The lowest BCUT2D eigenvalue weighted by Crippen LogP contribution is -2.31. The van der Waals surface area contributed by atoms with Crippen LogP contribution in [0, 0.1) is 5.92 Å². The second kappa shape index (κ2) is 7.14. The molecule has 0 atom stereocenters. The standard InChI is InChI=1S/C18H27N3O/c1-20-12-8-15(9-13-20)14-18(22)19-16-4-6-17(7-5-16)21-10-2-3-11-21/h4-7,15H,2-3,8-14H2,1H3,(H,19,22). The third-order valence-electron chi connectivity index (χ3n) is 4.93. The molecular weight excluding hydrogens is 274 g/mol. The number of carbonyl (C=O) groups excluding carboxylic acids is 1. The molecule has 2 fully saturated rings. The van der Waals surface area contributed by atoms with Gasteiger partial charge in [0.05, 0.1) is 0 Å². The molecule has 0 spiro atoms. The summed E-state index contributed by atoms with van der Waals surface area (Å²) < 4.78 is 0. The number of hydrogen-bond donors (Lipinski definition) is 1. The van der Waals surface area contributed by atoms with E-state index in [4.69, 9.17) is 0 Å². The van der Waals surface area contributed by atoms with Crippen molar-refractivity contribution in [2.75, 3.05) is 43.4 Å². The van der Waals surface area contributed by atoms with Crippen LogP contribution < -0.4 is 10.2 Å². The largest absolute Gasteiger partial charge is 0.372 e. The predicted octanol–water partition coefficient (Wildman–Crippen LogP) is 2.96. The molecule has 2 aliphatic rings. The number of carbonyl (C=O) groups is 1. The Balaban J connectivity index is 1.48. The summed E-state index contributed by atoms with van der Waals surface area (Å²) in [6.45, 7) is 4.54. The first kappa shape index (κ1) is 15.3. The van der Waals surface area contributed by atoms with Crippen molar-refractivity contribution < 1.29 is 4.79 Å². The number of anilines is 2. The van der Waals surface area contributed by atoms with E-state index in [2.05, 4.69) is 34.3 Å². The first-order valence-corrected chi connectivity index (χ1v) is 8.54. The van der Waals surface area contributed by atoms with Gasteiger partial charge in [0, 0.05) is 30.9 Å². The Labute approximate surface area is 133 Å². The molecule has 2 heterocycles. The van der Waals surface area contributed by atoms with Gasteiger partial charge in [-0.3, -0.25) is 4.79 Å². The van der Waals surface area contributed by atoms with Gasteiger partial charge >= 0.3 is 0 Å². The van der Waals surface area contributed by atoms with Gasteiger partial charge in [-0.25, -0.2) is 0 Å². The van der Waals surface area contributed by atoms with Gasteiger partial charge in [0.2, 0.25) is 5.91 Å². The number of nitrogens with zero attached hydrogens (tertiary/aromatic N) is 2. The highest BCUT2D eigenvalue weighted by atomic mass is 16.1. The van der Waals surface area contributed by atoms with Gasteiger partial charge in [-0.15, -0.1) is 0 Å². The zero-order valence-corrected chi connectivity index (χ0v) is 13.6. The van der Waals surface area contributed by atoms with Gasteiger partial charge in [-0.1, -0.05) is 0 Å². The molecular formula is C18H27N3O. The quantitative estimate of drug-likeness (QED) is 0.929. The zero-order valence-electron chi connectivity index (χ0n) is 13.6. The Morgan fingerprint density at radius 1 is 1.09 bits per heavy atom. The highest BCUT2D eigenvalue weighted by Gasteiger charge is 2.19. The maximum Gasteiger partial charge on any atom is 0.224 e. The maximum atomic E-state index is 12.2. The SMILES string of the molecule is CN1CCC(CC(=O)Nc2ccc(N3CCCC3)cc2)CC1. The van der Waals surface area contributed by atoms with Crippen LogP contribution in [0.15, 0.2) is 24.3 Å². The summed E-state index contributed by atoms with van der Waals surface area (Å²) in [5, 5.41) is 3.05. The fourth-order valence-corrected chi connectivity index (χ4v) is 3.47. The molecule has 1 aromatic rings. The lowest BCUT2D eigenvalue weighted by molar-refractivity contribution is -0.117. The van der Waals surface area contributed by atoms with Crippen LogP contribution in [-0.2, 0) is 4.79 Å². The van der Waals surface area contributed by atoms with Gasteiger partial charge in [0.1, 0.15) is 0 Å². The van der Waals surface area contributed by atoms with E-state index < -0.39 is 0 Å². The van der Waals surface area contributed by atoms with Crippen LogP contribution in [0.5, 0.6) is 0 Å². The average Bonchev–Trinajstić information content (AvgIpc) is 3.05. The summed E-state index contributed by atoms with van der Waals surface area (Å²) >= 11 is 0. The first-order chi connectivity index (χ1) is 10.7. The molecule has 1 N–H and O–H groups in total. The Morgan fingerprint density at radius 3 is 2.36 bits per heavy atom. The number of hydrogen-bond acceptors (Lipinski definition) is 3. The fourth-order valence-electron chi connectivity index (χ4n) is 3.47. The van der Waals surface area contributed by atoms with Crippen LogP contribution in [0.1, 0.15) is 32.1 Å². The monoisotopic (exact) mass is 301 g/mol. The highest BCUT2D eigenvalue weighted by Crippen LogP contribution is 2.23. The average molecular weight is 301 g/mol. The van der Waals surface area contributed by atoms with Gasteiger partial charge in [0.25, 0.3) is 0 Å². The Kier molecular flexibility index (Phi) is 4.98. The minimum Gasteiger partial charge on any atom is -0.372 e. The fraction of sp³-hybridized carbons (Fsp3) is 0.611. The number of likely N-dealkylation sites (tertiary alicyclic amines) is 1. The Bertz CT molecular complexity index is 486. The topological polar surface area (TPSA) is 35.6 Å². The van der Waals surface area contributed by atoms with E-state index in [0.717, 1.165) is 44.7 Å². The van der Waals surface area contributed by atoms with Crippen LogP contribution in [0.25, 0.3) is 0 Å². The van der Waals surface area contributed by atoms with Crippen molar-refractivity contribution in [1.29, 1.82) is 0 Å². The maximum absolute atomic E-state index is 12.2. The van der Waals surface area contributed by atoms with E-state index in [1.54, 1.807) is 0 Å². The van der Waals surface area contributed by atoms with E-state index in [0.29, 0.717) is 12.3 Å². The summed E-state index contributed by atoms with van der Waals surface area (Å²) in [5.74, 6) is 0.698. The van der Waals surface area contributed by atoms with Crippen LogP contribution in [0.3, 0.4) is 0 Å². The van der Waals surface area contributed by atoms with E-state index >= 15 is 0 Å². The van der Waals surface area contributed by atoms with Crippen LogP contribution in [-0.4, -0.2) is 44.0 Å². The van der Waals surface area contributed by atoms with Crippen molar-refractivity contribution in [1.82, 2.24) is 4.90 Å². The van der Waals surface area contributed by atoms with Crippen molar-refractivity contribution in [3.63, 3.8) is 0 Å².